The first-order chi connectivity index (χ1) is 13.2. The summed E-state index contributed by atoms with van der Waals surface area (Å²) in [7, 11) is 1.08. The van der Waals surface area contributed by atoms with Crippen LogP contribution in [0.15, 0.2) is 15.5 Å². The van der Waals surface area contributed by atoms with E-state index in [0.29, 0.717) is 5.88 Å². The van der Waals surface area contributed by atoms with E-state index in [4.69, 9.17) is 9.47 Å². The summed E-state index contributed by atoms with van der Waals surface area (Å²) in [6, 6.07) is 1.52. The molecule has 0 fully saturated rings. The van der Waals surface area contributed by atoms with Crippen molar-refractivity contribution in [2.24, 2.45) is 11.4 Å². The van der Waals surface area contributed by atoms with E-state index in [1.54, 1.807) is 0 Å². The van der Waals surface area contributed by atoms with Crippen LogP contribution in [0.4, 0.5) is 0 Å². The van der Waals surface area contributed by atoms with Gasteiger partial charge in [0.2, 0.25) is 16.6 Å². The smallest absolute Gasteiger partial charge is 0.342 e. The maximum atomic E-state index is 12.9. The Kier molecular flexibility index (Phi) is 5.08. The van der Waals surface area contributed by atoms with Crippen molar-refractivity contribution in [1.82, 2.24) is 23.5 Å². The van der Waals surface area contributed by atoms with Gasteiger partial charge in [0.05, 0.1) is 33.1 Å². The van der Waals surface area contributed by atoms with Crippen LogP contribution in [-0.4, -0.2) is 59.3 Å². The van der Waals surface area contributed by atoms with Crippen molar-refractivity contribution in [3.05, 3.63) is 22.1 Å². The van der Waals surface area contributed by atoms with Crippen LogP contribution in [0.3, 0.4) is 0 Å². The number of ether oxygens (including phenoxy) is 3. The molecule has 3 rings (SSSR count). The van der Waals surface area contributed by atoms with Gasteiger partial charge in [-0.15, -0.1) is 4.40 Å². The van der Waals surface area contributed by atoms with Gasteiger partial charge in [0.1, 0.15) is 5.56 Å². The van der Waals surface area contributed by atoms with Gasteiger partial charge in [0.15, 0.2) is 5.03 Å². The van der Waals surface area contributed by atoms with E-state index in [2.05, 4.69) is 24.2 Å². The Balaban J connectivity index is 2.23. The standard InChI is InChI=1S/C14H16N6O6S2/c1-7-10(12(21)26-5)11(19(2)17-7)28(22,23)18-14-16-13-15-8(24-3)6-9(25-4)20(13)27-14/h6H,1-5H3/b18-14+. The fourth-order valence-corrected chi connectivity index (χ4v) is 4.77. The van der Waals surface area contributed by atoms with Gasteiger partial charge in [-0.1, -0.05) is 0 Å². The summed E-state index contributed by atoms with van der Waals surface area (Å²) in [6.07, 6.45) is 0. The Morgan fingerprint density at radius 2 is 1.93 bits per heavy atom. The molecule has 0 atom stereocenters. The first-order valence-electron chi connectivity index (χ1n) is 7.63. The number of aromatic nitrogens is 5. The van der Waals surface area contributed by atoms with Crippen LogP contribution in [0.25, 0.3) is 5.78 Å². The van der Waals surface area contributed by atoms with E-state index in [-0.39, 0.29) is 27.7 Å². The summed E-state index contributed by atoms with van der Waals surface area (Å²) in [6.45, 7) is 1.50. The molecular weight excluding hydrogens is 412 g/mol. The van der Waals surface area contributed by atoms with E-state index in [1.165, 1.54) is 38.0 Å². The molecule has 0 aliphatic carbocycles. The summed E-state index contributed by atoms with van der Waals surface area (Å²) in [5.74, 6) is -0.104. The number of esters is 1. The first-order valence-corrected chi connectivity index (χ1v) is 9.85. The summed E-state index contributed by atoms with van der Waals surface area (Å²) in [5.41, 5.74) is 0.0229. The van der Waals surface area contributed by atoms with Gasteiger partial charge in [-0.2, -0.15) is 27.3 Å². The molecule has 3 aromatic rings. The normalized spacial score (nSPS) is 12.4. The van der Waals surface area contributed by atoms with Crippen LogP contribution >= 0.6 is 11.5 Å². The van der Waals surface area contributed by atoms with E-state index < -0.39 is 21.0 Å². The average Bonchev–Trinajstić information content (AvgIpc) is 3.18. The fraction of sp³-hybridized carbons (Fsp3) is 0.357. The zero-order valence-electron chi connectivity index (χ0n) is 15.5. The molecule has 12 nitrogen and oxygen atoms in total. The fourth-order valence-electron chi connectivity index (χ4n) is 2.48. The maximum Gasteiger partial charge on any atom is 0.342 e. The van der Waals surface area contributed by atoms with Gasteiger partial charge in [0, 0.05) is 7.05 Å². The second kappa shape index (κ2) is 7.20. The Labute approximate surface area is 163 Å². The molecule has 3 heterocycles. The van der Waals surface area contributed by atoms with Crippen LogP contribution < -0.4 is 14.3 Å². The molecular formula is C14H16N6O6S2. The third-order valence-electron chi connectivity index (χ3n) is 3.63. The van der Waals surface area contributed by atoms with E-state index >= 15 is 0 Å². The number of rotatable bonds is 5. The number of hydrogen-bond acceptors (Lipinski definition) is 10. The molecule has 0 spiro atoms. The molecule has 0 aliphatic heterocycles. The molecule has 0 N–H and O–H groups in total. The lowest BCUT2D eigenvalue weighted by atomic mass is 10.3. The molecule has 14 heteroatoms. The molecule has 0 amide bonds. The van der Waals surface area contributed by atoms with Crippen LogP contribution in [-0.2, 0) is 21.8 Å². The Morgan fingerprint density at radius 1 is 1.21 bits per heavy atom. The van der Waals surface area contributed by atoms with Crippen molar-refractivity contribution in [2.45, 2.75) is 11.9 Å². The second-order valence-corrected chi connectivity index (χ2v) is 7.80. The Bertz CT molecular complexity index is 1240. The minimum Gasteiger partial charge on any atom is -0.481 e. The SMILES string of the molecule is COC(=O)c1c(C)nn(C)c1S(=O)(=O)/N=c1\nc2nc(OC)cc(OC)n2s1. The van der Waals surface area contributed by atoms with Crippen LogP contribution in [0.1, 0.15) is 16.1 Å². The zero-order chi connectivity index (χ0) is 20.6. The number of carbonyl (C=O) groups is 1. The first kappa shape index (κ1) is 19.8. The molecule has 0 radical (unpaired) electrons. The lowest BCUT2D eigenvalue weighted by Gasteiger charge is -2.03. The van der Waals surface area contributed by atoms with Crippen molar-refractivity contribution < 1.29 is 27.4 Å². The van der Waals surface area contributed by atoms with E-state index in [1.807, 2.05) is 0 Å². The minimum absolute atomic E-state index is 0.117. The molecule has 3 aromatic heterocycles. The molecule has 0 saturated heterocycles. The molecule has 0 aliphatic rings. The van der Waals surface area contributed by atoms with Crippen molar-refractivity contribution >= 4 is 33.3 Å². The summed E-state index contributed by atoms with van der Waals surface area (Å²) in [4.78, 5) is 20.1. The largest absolute Gasteiger partial charge is 0.481 e. The van der Waals surface area contributed by atoms with Crippen molar-refractivity contribution in [1.29, 1.82) is 0 Å². The van der Waals surface area contributed by atoms with E-state index in [0.717, 1.165) is 23.3 Å². The van der Waals surface area contributed by atoms with Gasteiger partial charge in [-0.25, -0.2) is 4.79 Å². The average molecular weight is 428 g/mol. The monoisotopic (exact) mass is 428 g/mol. The molecule has 150 valence electrons. The topological polar surface area (TPSA) is 139 Å². The third kappa shape index (κ3) is 3.31. The van der Waals surface area contributed by atoms with Gasteiger partial charge < -0.3 is 14.2 Å². The molecule has 0 unspecified atom stereocenters. The predicted octanol–water partition coefficient (Wildman–Crippen LogP) is -0.0739. The Morgan fingerprint density at radius 3 is 2.54 bits per heavy atom. The van der Waals surface area contributed by atoms with Crippen LogP contribution in [0.2, 0.25) is 0 Å². The van der Waals surface area contributed by atoms with Crippen molar-refractivity contribution in [3.8, 4) is 11.8 Å². The van der Waals surface area contributed by atoms with Crippen molar-refractivity contribution in [3.63, 3.8) is 0 Å². The zero-order valence-corrected chi connectivity index (χ0v) is 17.2. The quantitative estimate of drug-likeness (QED) is 0.511. The number of aryl methyl sites for hydroxylation is 2. The number of methoxy groups -OCH3 is 3. The highest BCUT2D eigenvalue weighted by atomic mass is 32.2. The highest BCUT2D eigenvalue weighted by Gasteiger charge is 2.30. The number of fused-ring (bicyclic) bond motifs is 1. The minimum atomic E-state index is -4.33. The lowest BCUT2D eigenvalue weighted by molar-refractivity contribution is 0.0595. The van der Waals surface area contributed by atoms with Gasteiger partial charge in [-0.3, -0.25) is 4.68 Å². The number of nitrogens with zero attached hydrogens (tertiary/aromatic N) is 6. The molecule has 0 saturated carbocycles. The van der Waals surface area contributed by atoms with E-state index in [9.17, 15) is 13.2 Å². The highest BCUT2D eigenvalue weighted by molar-refractivity contribution is 7.90. The number of hydrogen-bond donors (Lipinski definition) is 0. The van der Waals surface area contributed by atoms with Gasteiger partial charge >= 0.3 is 16.0 Å². The molecule has 0 bridgehead atoms. The van der Waals surface area contributed by atoms with Crippen LogP contribution in [0.5, 0.6) is 11.8 Å². The number of carbonyl (C=O) groups excluding carboxylic acids is 1. The van der Waals surface area contributed by atoms with Crippen molar-refractivity contribution in [2.75, 3.05) is 21.3 Å². The summed E-state index contributed by atoms with van der Waals surface area (Å²) < 4.78 is 47.0. The highest BCUT2D eigenvalue weighted by Crippen LogP contribution is 2.22. The lowest BCUT2D eigenvalue weighted by Crippen LogP contribution is -2.14. The predicted molar refractivity (Wildman–Crippen MR) is 96.0 cm³/mol. The van der Waals surface area contributed by atoms with Crippen LogP contribution in [0, 0.1) is 6.92 Å². The second-order valence-electron chi connectivity index (χ2n) is 5.37. The summed E-state index contributed by atoms with van der Waals surface area (Å²) >= 11 is 0.893. The molecule has 28 heavy (non-hydrogen) atoms. The maximum absolute atomic E-state index is 12.9. The third-order valence-corrected chi connectivity index (χ3v) is 5.99. The Hall–Kier alpha value is -3.00. The summed E-state index contributed by atoms with van der Waals surface area (Å²) in [5, 5.41) is 3.60. The number of sulfonamides is 1. The van der Waals surface area contributed by atoms with Gasteiger partial charge in [0.25, 0.3) is 5.78 Å². The van der Waals surface area contributed by atoms with Gasteiger partial charge in [-0.05, 0) is 18.5 Å². The molecule has 0 aromatic carbocycles.